The molecule has 0 spiro atoms. The lowest BCUT2D eigenvalue weighted by Gasteiger charge is -2.19. The molecule has 21 heavy (non-hydrogen) atoms. The van der Waals surface area contributed by atoms with Gasteiger partial charge in [-0.3, -0.25) is 0 Å². The fraction of sp³-hybridized carbons (Fsp3) is 0.625. The standard InChI is InChI=1S/C16H26ClNO3/c1-3-7-18-13-16(14-5-4-6-15(17)12-14)21-11-10-20-9-8-19-2/h4-6,12,16,18H,3,7-11,13H2,1-2H3. The highest BCUT2D eigenvalue weighted by Gasteiger charge is 2.12. The van der Waals surface area contributed by atoms with Crippen LogP contribution in [0.5, 0.6) is 0 Å². The van der Waals surface area contributed by atoms with Crippen molar-refractivity contribution >= 4 is 11.6 Å². The number of rotatable bonds is 12. The maximum absolute atomic E-state index is 6.05. The van der Waals surface area contributed by atoms with Crippen LogP contribution in [0.25, 0.3) is 0 Å². The lowest BCUT2D eigenvalue weighted by atomic mass is 10.1. The van der Waals surface area contributed by atoms with E-state index in [1.807, 2.05) is 24.3 Å². The van der Waals surface area contributed by atoms with Crippen molar-refractivity contribution < 1.29 is 14.2 Å². The van der Waals surface area contributed by atoms with E-state index in [9.17, 15) is 0 Å². The maximum atomic E-state index is 6.05. The first-order valence-electron chi connectivity index (χ1n) is 7.42. The van der Waals surface area contributed by atoms with Gasteiger partial charge in [-0.2, -0.15) is 0 Å². The van der Waals surface area contributed by atoms with Crippen LogP contribution in [0.2, 0.25) is 5.02 Å². The summed E-state index contributed by atoms with van der Waals surface area (Å²) in [5.74, 6) is 0. The maximum Gasteiger partial charge on any atom is 0.0950 e. The van der Waals surface area contributed by atoms with E-state index >= 15 is 0 Å². The minimum atomic E-state index is -0.0127. The molecule has 0 aromatic heterocycles. The van der Waals surface area contributed by atoms with Gasteiger partial charge in [-0.1, -0.05) is 30.7 Å². The van der Waals surface area contributed by atoms with Crippen LogP contribution >= 0.6 is 11.6 Å². The second-order valence-corrected chi connectivity index (χ2v) is 5.16. The van der Waals surface area contributed by atoms with Crippen molar-refractivity contribution in [2.45, 2.75) is 19.4 Å². The van der Waals surface area contributed by atoms with Gasteiger partial charge in [0.2, 0.25) is 0 Å². The summed E-state index contributed by atoms with van der Waals surface area (Å²) in [5.41, 5.74) is 1.09. The summed E-state index contributed by atoms with van der Waals surface area (Å²) in [4.78, 5) is 0. The molecule has 0 radical (unpaired) electrons. The summed E-state index contributed by atoms with van der Waals surface area (Å²) in [7, 11) is 1.66. The Hall–Kier alpha value is -0.650. The van der Waals surface area contributed by atoms with E-state index in [4.69, 9.17) is 25.8 Å². The number of hydrogen-bond acceptors (Lipinski definition) is 4. The van der Waals surface area contributed by atoms with Gasteiger partial charge in [-0.05, 0) is 30.7 Å². The lowest BCUT2D eigenvalue weighted by Crippen LogP contribution is -2.25. The van der Waals surface area contributed by atoms with Crippen LogP contribution < -0.4 is 5.32 Å². The van der Waals surface area contributed by atoms with Gasteiger partial charge >= 0.3 is 0 Å². The van der Waals surface area contributed by atoms with Crippen molar-refractivity contribution in [3.63, 3.8) is 0 Å². The molecule has 0 heterocycles. The van der Waals surface area contributed by atoms with Crippen molar-refractivity contribution in [1.29, 1.82) is 0 Å². The van der Waals surface area contributed by atoms with Gasteiger partial charge in [0.25, 0.3) is 0 Å². The Bertz CT molecular complexity index is 376. The number of ether oxygens (including phenoxy) is 3. The van der Waals surface area contributed by atoms with E-state index in [1.165, 1.54) is 0 Å². The Balaban J connectivity index is 2.41. The van der Waals surface area contributed by atoms with Crippen LogP contribution in [0.1, 0.15) is 25.0 Å². The molecule has 1 rings (SSSR count). The predicted molar refractivity (Wildman–Crippen MR) is 86.0 cm³/mol. The normalized spacial score (nSPS) is 12.5. The summed E-state index contributed by atoms with van der Waals surface area (Å²) in [6, 6.07) is 7.81. The zero-order valence-electron chi connectivity index (χ0n) is 12.9. The molecule has 0 fully saturated rings. The minimum absolute atomic E-state index is 0.0127. The largest absolute Gasteiger partial charge is 0.382 e. The second-order valence-electron chi connectivity index (χ2n) is 4.72. The number of benzene rings is 1. The molecule has 1 aromatic carbocycles. The number of methoxy groups -OCH3 is 1. The number of halogens is 1. The van der Waals surface area contributed by atoms with Gasteiger partial charge in [0.05, 0.1) is 32.5 Å². The zero-order valence-corrected chi connectivity index (χ0v) is 13.7. The van der Waals surface area contributed by atoms with Crippen molar-refractivity contribution in [1.82, 2.24) is 5.32 Å². The average Bonchev–Trinajstić information content (AvgIpc) is 2.49. The van der Waals surface area contributed by atoms with Crippen LogP contribution in [0.4, 0.5) is 0 Å². The summed E-state index contributed by atoms with van der Waals surface area (Å²) >= 11 is 6.05. The van der Waals surface area contributed by atoms with Crippen molar-refractivity contribution in [2.75, 3.05) is 46.6 Å². The third-order valence-electron chi connectivity index (χ3n) is 2.96. The zero-order chi connectivity index (χ0) is 15.3. The molecule has 0 bridgehead atoms. The van der Waals surface area contributed by atoms with Crippen molar-refractivity contribution in [3.8, 4) is 0 Å². The van der Waals surface area contributed by atoms with E-state index in [0.717, 1.165) is 30.1 Å². The molecule has 0 aliphatic carbocycles. The Morgan fingerprint density at radius 3 is 2.71 bits per heavy atom. The van der Waals surface area contributed by atoms with Crippen LogP contribution in [0.15, 0.2) is 24.3 Å². The van der Waals surface area contributed by atoms with E-state index < -0.39 is 0 Å². The summed E-state index contributed by atoms with van der Waals surface area (Å²) < 4.78 is 16.3. The van der Waals surface area contributed by atoms with Gasteiger partial charge < -0.3 is 19.5 Å². The molecular formula is C16H26ClNO3. The molecule has 1 N–H and O–H groups in total. The Morgan fingerprint density at radius 2 is 2.00 bits per heavy atom. The summed E-state index contributed by atoms with van der Waals surface area (Å²) in [6.45, 7) is 6.21. The highest BCUT2D eigenvalue weighted by molar-refractivity contribution is 6.30. The van der Waals surface area contributed by atoms with Gasteiger partial charge in [0.15, 0.2) is 0 Å². The van der Waals surface area contributed by atoms with E-state index in [2.05, 4.69) is 12.2 Å². The van der Waals surface area contributed by atoms with Crippen molar-refractivity contribution in [3.05, 3.63) is 34.9 Å². The molecule has 0 amide bonds. The molecule has 0 aliphatic heterocycles. The van der Waals surface area contributed by atoms with Crippen LogP contribution in [0.3, 0.4) is 0 Å². The Kier molecular flexibility index (Phi) is 10.5. The molecule has 0 aliphatic rings. The van der Waals surface area contributed by atoms with E-state index in [-0.39, 0.29) is 6.10 Å². The topological polar surface area (TPSA) is 39.7 Å². The quantitative estimate of drug-likeness (QED) is 0.602. The molecule has 1 atom stereocenters. The van der Waals surface area contributed by atoms with E-state index in [0.29, 0.717) is 26.4 Å². The fourth-order valence-corrected chi connectivity index (χ4v) is 2.08. The first-order valence-corrected chi connectivity index (χ1v) is 7.80. The molecule has 4 nitrogen and oxygen atoms in total. The fourth-order valence-electron chi connectivity index (χ4n) is 1.88. The number of nitrogens with one attached hydrogen (secondary N) is 1. The smallest absolute Gasteiger partial charge is 0.0950 e. The highest BCUT2D eigenvalue weighted by atomic mass is 35.5. The molecule has 1 aromatic rings. The minimum Gasteiger partial charge on any atom is -0.382 e. The number of hydrogen-bond donors (Lipinski definition) is 1. The van der Waals surface area contributed by atoms with E-state index in [1.54, 1.807) is 7.11 Å². The molecule has 5 heteroatoms. The molecule has 120 valence electrons. The van der Waals surface area contributed by atoms with Crippen LogP contribution in [0, 0.1) is 0 Å². The average molecular weight is 316 g/mol. The molecule has 0 saturated carbocycles. The van der Waals surface area contributed by atoms with Gasteiger partial charge in [-0.25, -0.2) is 0 Å². The van der Waals surface area contributed by atoms with Gasteiger partial charge in [0.1, 0.15) is 0 Å². The van der Waals surface area contributed by atoms with Crippen LogP contribution in [-0.4, -0.2) is 46.6 Å². The first-order chi connectivity index (χ1) is 10.3. The SMILES string of the molecule is CCCNCC(OCCOCCOC)c1cccc(Cl)c1. The Morgan fingerprint density at radius 1 is 1.19 bits per heavy atom. The van der Waals surface area contributed by atoms with Gasteiger partial charge in [-0.15, -0.1) is 0 Å². The molecule has 1 unspecified atom stereocenters. The predicted octanol–water partition coefficient (Wildman–Crippen LogP) is 3.06. The summed E-state index contributed by atoms with van der Waals surface area (Å²) in [6.07, 6.45) is 1.09. The first kappa shape index (κ1) is 18.4. The molecular weight excluding hydrogens is 290 g/mol. The second kappa shape index (κ2) is 12.0. The summed E-state index contributed by atoms with van der Waals surface area (Å²) in [5, 5.41) is 4.11. The third-order valence-corrected chi connectivity index (χ3v) is 3.19. The Labute approximate surface area is 132 Å². The lowest BCUT2D eigenvalue weighted by molar-refractivity contribution is -0.00680. The van der Waals surface area contributed by atoms with Gasteiger partial charge in [0, 0.05) is 18.7 Å². The third kappa shape index (κ3) is 8.39. The monoisotopic (exact) mass is 315 g/mol. The van der Waals surface area contributed by atoms with Crippen molar-refractivity contribution in [2.24, 2.45) is 0 Å². The highest BCUT2D eigenvalue weighted by Crippen LogP contribution is 2.20. The van der Waals surface area contributed by atoms with Crippen LogP contribution in [-0.2, 0) is 14.2 Å². The molecule has 0 saturated heterocycles.